The van der Waals surface area contributed by atoms with Gasteiger partial charge >= 0.3 is 0 Å². The molecule has 1 unspecified atom stereocenters. The summed E-state index contributed by atoms with van der Waals surface area (Å²) in [5.74, 6) is 0.685. The molecule has 1 N–H and O–H groups in total. The van der Waals surface area contributed by atoms with Gasteiger partial charge in [-0.25, -0.2) is 0 Å². The molecule has 2 rings (SSSR count). The summed E-state index contributed by atoms with van der Waals surface area (Å²) >= 11 is 1.79. The summed E-state index contributed by atoms with van der Waals surface area (Å²) in [6, 6.07) is 14.2. The average molecular weight is 303 g/mol. The minimum atomic E-state index is -0.418. The molecule has 0 fully saturated rings. The Hall–Kier alpha value is -1.16. The Labute approximate surface area is 132 Å². The lowest BCUT2D eigenvalue weighted by molar-refractivity contribution is 0.106. The summed E-state index contributed by atoms with van der Waals surface area (Å²) < 4.78 is 0. The van der Waals surface area contributed by atoms with Crippen LogP contribution in [0.1, 0.15) is 36.8 Å². The molecule has 1 heterocycles. The Morgan fingerprint density at radius 1 is 1.10 bits per heavy atom. The summed E-state index contributed by atoms with van der Waals surface area (Å²) in [5.41, 5.74) is 0.998. The van der Waals surface area contributed by atoms with Crippen LogP contribution in [0.2, 0.25) is 0 Å². The first-order valence-electron chi connectivity index (χ1n) is 7.63. The number of aliphatic hydroxyl groups is 1. The Morgan fingerprint density at radius 3 is 2.48 bits per heavy atom. The quantitative estimate of drug-likeness (QED) is 0.784. The van der Waals surface area contributed by atoms with Crippen molar-refractivity contribution < 1.29 is 5.11 Å². The fourth-order valence-corrected chi connectivity index (χ4v) is 3.07. The molecule has 0 saturated heterocycles. The number of aliphatic hydroxyl groups excluding tert-OH is 1. The molecular formula is C18H25NOS. The summed E-state index contributed by atoms with van der Waals surface area (Å²) in [4.78, 5) is 3.72. The smallest absolute Gasteiger partial charge is 0.0917 e. The predicted octanol–water partition coefficient (Wildman–Crippen LogP) is 4.33. The van der Waals surface area contributed by atoms with E-state index < -0.39 is 6.10 Å². The fourth-order valence-electron chi connectivity index (χ4n) is 2.32. The standard InChI is InChI=1S/C18H25NOS/c1-15(2)10-11-19(13-17-9-6-12-21-17)14-18(20)16-7-4-3-5-8-16/h3-9,12,15,18,20H,10-11,13-14H2,1-2H3. The zero-order valence-electron chi connectivity index (χ0n) is 12.9. The van der Waals surface area contributed by atoms with E-state index in [9.17, 15) is 5.11 Å². The fraction of sp³-hybridized carbons (Fsp3) is 0.444. The van der Waals surface area contributed by atoms with Gasteiger partial charge in [-0.15, -0.1) is 11.3 Å². The van der Waals surface area contributed by atoms with Crippen molar-refractivity contribution in [3.8, 4) is 0 Å². The van der Waals surface area contributed by atoms with E-state index in [-0.39, 0.29) is 0 Å². The zero-order chi connectivity index (χ0) is 15.1. The molecule has 1 aromatic carbocycles. The monoisotopic (exact) mass is 303 g/mol. The third-order valence-corrected chi connectivity index (χ3v) is 4.46. The van der Waals surface area contributed by atoms with Gasteiger partial charge in [0.05, 0.1) is 6.10 Å². The van der Waals surface area contributed by atoms with Gasteiger partial charge in [-0.05, 0) is 35.9 Å². The molecule has 2 nitrogen and oxygen atoms in total. The van der Waals surface area contributed by atoms with E-state index in [1.54, 1.807) is 11.3 Å². The van der Waals surface area contributed by atoms with Gasteiger partial charge in [-0.2, -0.15) is 0 Å². The second-order valence-electron chi connectivity index (χ2n) is 5.92. The maximum atomic E-state index is 10.4. The van der Waals surface area contributed by atoms with E-state index in [2.05, 4.69) is 36.3 Å². The van der Waals surface area contributed by atoms with E-state index in [4.69, 9.17) is 0 Å². The van der Waals surface area contributed by atoms with Crippen molar-refractivity contribution in [2.24, 2.45) is 5.92 Å². The third-order valence-electron chi connectivity index (χ3n) is 3.60. The molecule has 0 radical (unpaired) electrons. The first-order chi connectivity index (χ1) is 10.1. The van der Waals surface area contributed by atoms with Crippen LogP contribution in [0.4, 0.5) is 0 Å². The molecule has 21 heavy (non-hydrogen) atoms. The second-order valence-corrected chi connectivity index (χ2v) is 6.96. The summed E-state index contributed by atoms with van der Waals surface area (Å²) in [7, 11) is 0. The van der Waals surface area contributed by atoms with Crippen molar-refractivity contribution in [1.82, 2.24) is 4.90 Å². The largest absolute Gasteiger partial charge is 0.387 e. The van der Waals surface area contributed by atoms with E-state index in [0.717, 1.165) is 25.1 Å². The number of nitrogens with zero attached hydrogens (tertiary/aromatic N) is 1. The minimum absolute atomic E-state index is 0.418. The number of thiophene rings is 1. The van der Waals surface area contributed by atoms with Gasteiger partial charge in [0.1, 0.15) is 0 Å². The maximum Gasteiger partial charge on any atom is 0.0917 e. The molecular weight excluding hydrogens is 278 g/mol. The molecule has 2 aromatic rings. The van der Waals surface area contributed by atoms with E-state index >= 15 is 0 Å². The number of rotatable bonds is 8. The van der Waals surface area contributed by atoms with E-state index in [1.807, 2.05) is 30.3 Å². The van der Waals surface area contributed by atoms with Crippen LogP contribution in [0.25, 0.3) is 0 Å². The predicted molar refractivity (Wildman–Crippen MR) is 90.5 cm³/mol. The zero-order valence-corrected chi connectivity index (χ0v) is 13.7. The topological polar surface area (TPSA) is 23.5 Å². The maximum absolute atomic E-state index is 10.4. The highest BCUT2D eigenvalue weighted by atomic mass is 32.1. The van der Waals surface area contributed by atoms with E-state index in [0.29, 0.717) is 12.5 Å². The summed E-state index contributed by atoms with van der Waals surface area (Å²) in [6.07, 6.45) is 0.741. The number of hydrogen-bond acceptors (Lipinski definition) is 3. The van der Waals surface area contributed by atoms with Gasteiger partial charge in [0.15, 0.2) is 0 Å². The van der Waals surface area contributed by atoms with Gasteiger partial charge in [0.25, 0.3) is 0 Å². The van der Waals surface area contributed by atoms with Gasteiger partial charge in [0.2, 0.25) is 0 Å². The number of benzene rings is 1. The van der Waals surface area contributed by atoms with Crippen LogP contribution in [-0.2, 0) is 6.54 Å². The lowest BCUT2D eigenvalue weighted by Crippen LogP contribution is -2.29. The SMILES string of the molecule is CC(C)CCN(Cc1cccs1)CC(O)c1ccccc1. The van der Waals surface area contributed by atoms with Crippen molar-refractivity contribution >= 4 is 11.3 Å². The van der Waals surface area contributed by atoms with Crippen LogP contribution >= 0.6 is 11.3 Å². The first-order valence-corrected chi connectivity index (χ1v) is 8.51. The summed E-state index contributed by atoms with van der Waals surface area (Å²) in [5, 5.41) is 12.6. The average Bonchev–Trinajstić information content (AvgIpc) is 2.98. The highest BCUT2D eigenvalue weighted by Gasteiger charge is 2.14. The van der Waals surface area contributed by atoms with Crippen LogP contribution in [0.15, 0.2) is 47.8 Å². The molecule has 0 amide bonds. The summed E-state index contributed by atoms with van der Waals surface area (Å²) in [6.45, 7) is 7.14. The Morgan fingerprint density at radius 2 is 1.86 bits per heavy atom. The van der Waals surface area contributed by atoms with Gasteiger partial charge < -0.3 is 5.11 Å². The van der Waals surface area contributed by atoms with Crippen molar-refractivity contribution in [3.05, 3.63) is 58.3 Å². The lowest BCUT2D eigenvalue weighted by atomic mass is 10.1. The number of hydrogen-bond donors (Lipinski definition) is 1. The molecule has 0 saturated carbocycles. The lowest BCUT2D eigenvalue weighted by Gasteiger charge is -2.25. The molecule has 1 aromatic heterocycles. The van der Waals surface area contributed by atoms with Crippen molar-refractivity contribution in [2.75, 3.05) is 13.1 Å². The van der Waals surface area contributed by atoms with Crippen LogP contribution in [0, 0.1) is 5.92 Å². The molecule has 3 heteroatoms. The molecule has 0 spiro atoms. The van der Waals surface area contributed by atoms with Crippen LogP contribution < -0.4 is 0 Å². The van der Waals surface area contributed by atoms with Crippen molar-refractivity contribution in [2.45, 2.75) is 32.9 Å². The Bertz CT molecular complexity index is 495. The molecule has 114 valence electrons. The first kappa shape index (κ1) is 16.2. The van der Waals surface area contributed by atoms with Crippen LogP contribution in [0.3, 0.4) is 0 Å². The van der Waals surface area contributed by atoms with E-state index in [1.165, 1.54) is 4.88 Å². The molecule has 1 atom stereocenters. The highest BCUT2D eigenvalue weighted by molar-refractivity contribution is 7.09. The van der Waals surface area contributed by atoms with Gasteiger partial charge in [0, 0.05) is 18.0 Å². The van der Waals surface area contributed by atoms with Gasteiger partial charge in [-0.3, -0.25) is 4.90 Å². The Balaban J connectivity index is 1.97. The third kappa shape index (κ3) is 5.62. The molecule has 0 aliphatic carbocycles. The van der Waals surface area contributed by atoms with Crippen LogP contribution in [0.5, 0.6) is 0 Å². The molecule has 0 bridgehead atoms. The Kier molecular flexibility index (Phi) is 6.43. The van der Waals surface area contributed by atoms with Gasteiger partial charge in [-0.1, -0.05) is 50.2 Å². The highest BCUT2D eigenvalue weighted by Crippen LogP contribution is 2.18. The normalized spacial score (nSPS) is 13.0. The molecule has 0 aliphatic heterocycles. The van der Waals surface area contributed by atoms with Crippen molar-refractivity contribution in [3.63, 3.8) is 0 Å². The molecule has 0 aliphatic rings. The van der Waals surface area contributed by atoms with Crippen LogP contribution in [-0.4, -0.2) is 23.1 Å². The van der Waals surface area contributed by atoms with Crippen molar-refractivity contribution in [1.29, 1.82) is 0 Å². The minimum Gasteiger partial charge on any atom is -0.387 e. The second kappa shape index (κ2) is 8.32.